The molecule has 0 atom stereocenters. The summed E-state index contributed by atoms with van der Waals surface area (Å²) in [6.45, 7) is 3.44. The predicted molar refractivity (Wildman–Crippen MR) is 54.5 cm³/mol. The van der Waals surface area contributed by atoms with Crippen molar-refractivity contribution in [3.05, 3.63) is 0 Å². The van der Waals surface area contributed by atoms with Crippen molar-refractivity contribution in [3.8, 4) is 0 Å². The molecule has 0 amide bonds. The smallest absolute Gasteiger partial charge is 0.317 e. The lowest BCUT2D eigenvalue weighted by Crippen LogP contribution is -2.34. The molecule has 1 saturated heterocycles. The molecule has 0 radical (unpaired) electrons. The lowest BCUT2D eigenvalue weighted by atomic mass is 10.1. The topological polar surface area (TPSA) is 57.6 Å². The van der Waals surface area contributed by atoms with E-state index in [1.54, 1.807) is 0 Å². The van der Waals surface area contributed by atoms with E-state index >= 15 is 0 Å². The molecule has 0 bridgehead atoms. The van der Waals surface area contributed by atoms with Crippen LogP contribution in [0.25, 0.3) is 0 Å². The molecular formula is C9H16ClNO3. The molecule has 1 fully saturated rings. The molecule has 0 aromatic carbocycles. The summed E-state index contributed by atoms with van der Waals surface area (Å²) in [6, 6.07) is 0. The Morgan fingerprint density at radius 1 is 1.29 bits per heavy atom. The number of hydrogen-bond donors (Lipinski definition) is 1. The average molecular weight is 222 g/mol. The van der Waals surface area contributed by atoms with Crippen LogP contribution in [0, 0.1) is 0 Å². The number of piperidine rings is 1. The zero-order chi connectivity index (χ0) is 11.0. The van der Waals surface area contributed by atoms with Crippen LogP contribution in [0.4, 0.5) is 0 Å². The minimum absolute atomic E-state index is 0.222. The van der Waals surface area contributed by atoms with Crippen molar-refractivity contribution < 1.29 is 14.7 Å². The number of carbonyl (C=O) groups is 2. The Hall–Kier alpha value is -0.610. The molecule has 82 valence electrons. The summed E-state index contributed by atoms with van der Waals surface area (Å²) in [6.07, 6.45) is 3.58. The number of halogens is 1. The van der Waals surface area contributed by atoms with Gasteiger partial charge in [0.1, 0.15) is 0 Å². The van der Waals surface area contributed by atoms with Gasteiger partial charge in [-0.05, 0) is 37.5 Å². The van der Waals surface area contributed by atoms with Gasteiger partial charge in [-0.1, -0.05) is 6.42 Å². The number of rotatable bonds is 2. The highest BCUT2D eigenvalue weighted by atomic mass is 35.5. The largest absolute Gasteiger partial charge is 0.480 e. The van der Waals surface area contributed by atoms with Gasteiger partial charge in [0.2, 0.25) is 5.24 Å². The Morgan fingerprint density at radius 2 is 1.71 bits per heavy atom. The normalized spacial score (nSPS) is 16.7. The Balaban J connectivity index is 0.000000364. The molecule has 1 aliphatic rings. The van der Waals surface area contributed by atoms with Crippen molar-refractivity contribution in [2.75, 3.05) is 19.6 Å². The second-order valence-corrected chi connectivity index (χ2v) is 3.73. The zero-order valence-electron chi connectivity index (χ0n) is 8.33. The fraction of sp³-hybridized carbons (Fsp3) is 0.778. The highest BCUT2D eigenvalue weighted by molar-refractivity contribution is 6.62. The second kappa shape index (κ2) is 7.76. The first-order valence-electron chi connectivity index (χ1n) is 4.62. The second-order valence-electron chi connectivity index (χ2n) is 3.20. The van der Waals surface area contributed by atoms with E-state index in [-0.39, 0.29) is 11.8 Å². The van der Waals surface area contributed by atoms with Gasteiger partial charge < -0.3 is 5.11 Å². The van der Waals surface area contributed by atoms with Gasteiger partial charge in [-0.15, -0.1) is 0 Å². The molecule has 1 aliphatic heterocycles. The third-order valence-corrected chi connectivity index (χ3v) is 1.81. The Labute approximate surface area is 88.8 Å². The number of aliphatic carboxylic acids is 1. The number of nitrogens with zero attached hydrogens (tertiary/aromatic N) is 1. The van der Waals surface area contributed by atoms with Crippen molar-refractivity contribution in [2.45, 2.75) is 26.2 Å². The van der Waals surface area contributed by atoms with E-state index in [2.05, 4.69) is 11.6 Å². The summed E-state index contributed by atoms with van der Waals surface area (Å²) in [5.41, 5.74) is 0. The number of carboxylic acid groups (broad SMARTS) is 1. The van der Waals surface area contributed by atoms with Crippen LogP contribution in [-0.4, -0.2) is 40.9 Å². The van der Waals surface area contributed by atoms with E-state index in [1.165, 1.54) is 13.3 Å². The van der Waals surface area contributed by atoms with Crippen LogP contribution in [0.5, 0.6) is 0 Å². The molecule has 1 rings (SSSR count). The molecule has 0 aromatic rings. The Bertz CT molecular complexity index is 186. The maximum absolute atomic E-state index is 10.2. The van der Waals surface area contributed by atoms with Crippen LogP contribution in [-0.2, 0) is 9.59 Å². The minimum atomic E-state index is -0.707. The first-order valence-corrected chi connectivity index (χ1v) is 5.00. The summed E-state index contributed by atoms with van der Waals surface area (Å²) in [5, 5.41) is 8.06. The third kappa shape index (κ3) is 9.48. The summed E-state index contributed by atoms with van der Waals surface area (Å²) >= 11 is 4.64. The van der Waals surface area contributed by atoms with E-state index in [0.717, 1.165) is 25.9 Å². The summed E-state index contributed by atoms with van der Waals surface area (Å²) in [4.78, 5) is 21.4. The summed E-state index contributed by atoms with van der Waals surface area (Å²) in [5.74, 6) is -0.707. The van der Waals surface area contributed by atoms with Crippen LogP contribution in [0.2, 0.25) is 0 Å². The van der Waals surface area contributed by atoms with Gasteiger partial charge in [0.25, 0.3) is 0 Å². The molecule has 0 spiro atoms. The maximum atomic E-state index is 10.2. The van der Waals surface area contributed by atoms with Gasteiger partial charge in [-0.3, -0.25) is 14.5 Å². The van der Waals surface area contributed by atoms with Gasteiger partial charge >= 0.3 is 5.97 Å². The highest BCUT2D eigenvalue weighted by Crippen LogP contribution is 2.07. The van der Waals surface area contributed by atoms with Gasteiger partial charge in [-0.2, -0.15) is 0 Å². The molecule has 0 saturated carbocycles. The molecule has 14 heavy (non-hydrogen) atoms. The van der Waals surface area contributed by atoms with Gasteiger partial charge in [0, 0.05) is 6.92 Å². The van der Waals surface area contributed by atoms with Gasteiger partial charge in [0.15, 0.2) is 0 Å². The van der Waals surface area contributed by atoms with Crippen molar-refractivity contribution in [3.63, 3.8) is 0 Å². The van der Waals surface area contributed by atoms with Crippen molar-refractivity contribution in [1.29, 1.82) is 0 Å². The lowest BCUT2D eigenvalue weighted by molar-refractivity contribution is -0.138. The third-order valence-electron chi connectivity index (χ3n) is 1.81. The SMILES string of the molecule is CC(=O)Cl.O=C(O)CN1CCCCC1. The molecule has 0 unspecified atom stereocenters. The van der Waals surface area contributed by atoms with Gasteiger partial charge in [-0.25, -0.2) is 0 Å². The molecule has 1 N–H and O–H groups in total. The Morgan fingerprint density at radius 3 is 2.07 bits per heavy atom. The molecular weight excluding hydrogens is 206 g/mol. The molecule has 0 aromatic heterocycles. The lowest BCUT2D eigenvalue weighted by Gasteiger charge is -2.24. The van der Waals surface area contributed by atoms with Crippen molar-refractivity contribution in [1.82, 2.24) is 4.90 Å². The number of hydrogen-bond acceptors (Lipinski definition) is 3. The number of carbonyl (C=O) groups excluding carboxylic acids is 1. The first-order chi connectivity index (χ1) is 6.52. The molecule has 5 heteroatoms. The van der Waals surface area contributed by atoms with Crippen LogP contribution in [0.3, 0.4) is 0 Å². The monoisotopic (exact) mass is 221 g/mol. The van der Waals surface area contributed by atoms with Gasteiger partial charge in [0.05, 0.1) is 6.54 Å². The maximum Gasteiger partial charge on any atom is 0.317 e. The molecule has 1 heterocycles. The predicted octanol–water partition coefficient (Wildman–Crippen LogP) is 1.33. The van der Waals surface area contributed by atoms with E-state index in [4.69, 9.17) is 5.11 Å². The highest BCUT2D eigenvalue weighted by Gasteiger charge is 2.11. The summed E-state index contributed by atoms with van der Waals surface area (Å²) in [7, 11) is 0. The molecule has 4 nitrogen and oxygen atoms in total. The number of likely N-dealkylation sites (tertiary alicyclic amines) is 1. The first kappa shape index (κ1) is 13.4. The van der Waals surface area contributed by atoms with Crippen molar-refractivity contribution >= 4 is 22.8 Å². The molecule has 0 aliphatic carbocycles. The fourth-order valence-corrected chi connectivity index (χ4v) is 1.31. The standard InChI is InChI=1S/C7H13NO2.C2H3ClO/c9-7(10)6-8-4-2-1-3-5-8;1-2(3)4/h1-6H2,(H,9,10);1H3. The number of carboxylic acids is 1. The summed E-state index contributed by atoms with van der Waals surface area (Å²) < 4.78 is 0. The zero-order valence-corrected chi connectivity index (χ0v) is 9.09. The van der Waals surface area contributed by atoms with Crippen LogP contribution < -0.4 is 0 Å². The van der Waals surface area contributed by atoms with E-state index < -0.39 is 5.97 Å². The van der Waals surface area contributed by atoms with Crippen molar-refractivity contribution in [2.24, 2.45) is 0 Å². The Kier molecular flexibility index (Phi) is 7.42. The van der Waals surface area contributed by atoms with E-state index in [1.807, 2.05) is 4.90 Å². The fourth-order valence-electron chi connectivity index (χ4n) is 1.31. The van der Waals surface area contributed by atoms with E-state index in [0.29, 0.717) is 0 Å². The van der Waals surface area contributed by atoms with Crippen LogP contribution in [0.15, 0.2) is 0 Å². The average Bonchev–Trinajstić information content (AvgIpc) is 2.03. The quantitative estimate of drug-likeness (QED) is 0.715. The van der Waals surface area contributed by atoms with Crippen LogP contribution in [0.1, 0.15) is 26.2 Å². The van der Waals surface area contributed by atoms with Crippen LogP contribution >= 0.6 is 11.6 Å². The minimum Gasteiger partial charge on any atom is -0.480 e. The van der Waals surface area contributed by atoms with E-state index in [9.17, 15) is 9.59 Å².